The number of carbonyl (C=O) groups is 1. The van der Waals surface area contributed by atoms with Crippen LogP contribution in [0.25, 0.3) is 0 Å². The highest BCUT2D eigenvalue weighted by Gasteiger charge is 2.25. The summed E-state index contributed by atoms with van der Waals surface area (Å²) in [6.07, 6.45) is 0. The third-order valence-electron chi connectivity index (χ3n) is 2.87. The summed E-state index contributed by atoms with van der Waals surface area (Å²) in [6.45, 7) is 1.42. The predicted octanol–water partition coefficient (Wildman–Crippen LogP) is -1.04. The summed E-state index contributed by atoms with van der Waals surface area (Å²) in [4.78, 5) is 17.1. The lowest BCUT2D eigenvalue weighted by Gasteiger charge is -2.36. The molecule has 1 atom stereocenters. The summed E-state index contributed by atoms with van der Waals surface area (Å²) in [7, 11) is 0. The van der Waals surface area contributed by atoms with Crippen molar-refractivity contribution < 1.29 is 14.6 Å². The quantitative estimate of drug-likeness (QED) is 0.633. The minimum absolute atomic E-state index is 0.0675. The Labute approximate surface area is 104 Å². The number of primary amides is 1. The number of nitrogens with zero attached hydrogens (tertiary/aromatic N) is 2. The van der Waals surface area contributed by atoms with Crippen molar-refractivity contribution in [2.24, 2.45) is 5.73 Å². The maximum Gasteiger partial charge on any atom is 0.267 e. The molecule has 1 aromatic heterocycles. The number of aliphatic hydroxyl groups excluding tert-OH is 1. The van der Waals surface area contributed by atoms with Crippen LogP contribution in [0.2, 0.25) is 0 Å². The van der Waals surface area contributed by atoms with Crippen LogP contribution in [0, 0.1) is 0 Å². The summed E-state index contributed by atoms with van der Waals surface area (Å²) in [5, 5.41) is 9.31. The van der Waals surface area contributed by atoms with E-state index in [2.05, 4.69) is 4.98 Å². The Morgan fingerprint density at radius 2 is 2.39 bits per heavy atom. The number of nitrogens with two attached hydrogens (primary N) is 2. The van der Waals surface area contributed by atoms with Crippen LogP contribution >= 0.6 is 0 Å². The maximum absolute atomic E-state index is 11.1. The molecular weight excluding hydrogens is 236 g/mol. The number of carbonyl (C=O) groups excluding carboxylic acids is 1. The topological polar surface area (TPSA) is 115 Å². The Morgan fingerprint density at radius 3 is 3.06 bits per heavy atom. The number of nitrogen functional groups attached to an aromatic ring is 1. The molecule has 98 valence electrons. The SMILES string of the molecule is NC(=O)c1ccc(N)c(N2CCOCC2CO)n1. The Kier molecular flexibility index (Phi) is 3.63. The van der Waals surface area contributed by atoms with Gasteiger partial charge in [-0.1, -0.05) is 0 Å². The number of aliphatic hydroxyl groups is 1. The molecule has 1 aliphatic rings. The van der Waals surface area contributed by atoms with Crippen LogP contribution in [-0.4, -0.2) is 48.4 Å². The van der Waals surface area contributed by atoms with Gasteiger partial charge in [0.2, 0.25) is 0 Å². The molecule has 7 nitrogen and oxygen atoms in total. The molecule has 5 N–H and O–H groups in total. The number of pyridine rings is 1. The third-order valence-corrected chi connectivity index (χ3v) is 2.87. The second kappa shape index (κ2) is 5.19. The smallest absolute Gasteiger partial charge is 0.267 e. The number of morpholine rings is 1. The zero-order chi connectivity index (χ0) is 13.1. The van der Waals surface area contributed by atoms with Crippen molar-refractivity contribution in [1.82, 2.24) is 4.98 Å². The van der Waals surface area contributed by atoms with Gasteiger partial charge in [-0.25, -0.2) is 4.98 Å². The zero-order valence-electron chi connectivity index (χ0n) is 9.87. The van der Waals surface area contributed by atoms with Crippen molar-refractivity contribution in [3.05, 3.63) is 17.8 Å². The number of hydrogen-bond donors (Lipinski definition) is 3. The van der Waals surface area contributed by atoms with E-state index in [1.807, 2.05) is 4.90 Å². The predicted molar refractivity (Wildman–Crippen MR) is 66.2 cm³/mol. The first-order valence-electron chi connectivity index (χ1n) is 5.65. The summed E-state index contributed by atoms with van der Waals surface area (Å²) in [5.41, 5.74) is 11.7. The minimum atomic E-state index is -0.606. The Balaban J connectivity index is 2.35. The molecule has 2 rings (SSSR count). The number of hydrogen-bond acceptors (Lipinski definition) is 6. The summed E-state index contributed by atoms with van der Waals surface area (Å²) in [6, 6.07) is 2.86. The molecule has 0 aliphatic carbocycles. The molecule has 0 radical (unpaired) electrons. The molecule has 0 saturated carbocycles. The molecule has 1 aliphatic heterocycles. The molecule has 2 heterocycles. The standard InChI is InChI=1S/C11H16N4O3/c12-8-1-2-9(10(13)17)14-11(8)15-3-4-18-6-7(15)5-16/h1-2,7,16H,3-6,12H2,(H2,13,17). The molecule has 1 fully saturated rings. The lowest BCUT2D eigenvalue weighted by molar-refractivity contribution is 0.0723. The largest absolute Gasteiger partial charge is 0.396 e. The molecule has 7 heteroatoms. The van der Waals surface area contributed by atoms with Gasteiger partial charge in [-0.15, -0.1) is 0 Å². The van der Waals surface area contributed by atoms with Crippen molar-refractivity contribution in [3.63, 3.8) is 0 Å². The van der Waals surface area contributed by atoms with Gasteiger partial charge in [0.05, 0.1) is 31.5 Å². The van der Waals surface area contributed by atoms with E-state index >= 15 is 0 Å². The number of aromatic nitrogens is 1. The molecule has 18 heavy (non-hydrogen) atoms. The fourth-order valence-electron chi connectivity index (χ4n) is 1.91. The Morgan fingerprint density at radius 1 is 1.61 bits per heavy atom. The molecule has 0 aromatic carbocycles. The van der Waals surface area contributed by atoms with Crippen LogP contribution in [-0.2, 0) is 4.74 Å². The monoisotopic (exact) mass is 252 g/mol. The zero-order valence-corrected chi connectivity index (χ0v) is 9.87. The van der Waals surface area contributed by atoms with E-state index in [1.165, 1.54) is 6.07 Å². The Hall–Kier alpha value is -1.86. The lowest BCUT2D eigenvalue weighted by Crippen LogP contribution is -2.48. The Bertz CT molecular complexity index is 452. The average Bonchev–Trinajstić information content (AvgIpc) is 2.39. The number of ether oxygens (including phenoxy) is 1. The van der Waals surface area contributed by atoms with Gasteiger partial charge in [0, 0.05) is 6.54 Å². The van der Waals surface area contributed by atoms with Crippen LogP contribution in [0.3, 0.4) is 0 Å². The van der Waals surface area contributed by atoms with E-state index in [1.54, 1.807) is 6.07 Å². The van der Waals surface area contributed by atoms with Gasteiger partial charge in [-0.2, -0.15) is 0 Å². The molecule has 1 unspecified atom stereocenters. The summed E-state index contributed by atoms with van der Waals surface area (Å²) < 4.78 is 5.28. The highest BCUT2D eigenvalue weighted by atomic mass is 16.5. The van der Waals surface area contributed by atoms with Gasteiger partial charge < -0.3 is 26.2 Å². The summed E-state index contributed by atoms with van der Waals surface area (Å²) in [5.74, 6) is -0.140. The van der Waals surface area contributed by atoms with Gasteiger partial charge in [0.15, 0.2) is 5.82 Å². The number of anilines is 2. The molecule has 1 saturated heterocycles. The van der Waals surface area contributed by atoms with Crippen LogP contribution in [0.1, 0.15) is 10.5 Å². The van der Waals surface area contributed by atoms with E-state index in [9.17, 15) is 9.90 Å². The van der Waals surface area contributed by atoms with E-state index in [4.69, 9.17) is 16.2 Å². The van der Waals surface area contributed by atoms with Crippen molar-refractivity contribution in [2.45, 2.75) is 6.04 Å². The van der Waals surface area contributed by atoms with Crippen molar-refractivity contribution >= 4 is 17.4 Å². The minimum Gasteiger partial charge on any atom is -0.396 e. The molecule has 1 aromatic rings. The fraction of sp³-hybridized carbons (Fsp3) is 0.455. The first-order valence-corrected chi connectivity index (χ1v) is 5.65. The van der Waals surface area contributed by atoms with E-state index in [-0.39, 0.29) is 18.3 Å². The van der Waals surface area contributed by atoms with Gasteiger partial charge in [0.25, 0.3) is 5.91 Å². The van der Waals surface area contributed by atoms with Gasteiger partial charge in [0.1, 0.15) is 5.69 Å². The van der Waals surface area contributed by atoms with Crippen molar-refractivity contribution in [2.75, 3.05) is 37.0 Å². The molecule has 0 spiro atoms. The third kappa shape index (κ3) is 2.36. The van der Waals surface area contributed by atoms with Crippen molar-refractivity contribution in [3.8, 4) is 0 Å². The van der Waals surface area contributed by atoms with Crippen molar-refractivity contribution in [1.29, 1.82) is 0 Å². The molecular formula is C11H16N4O3. The second-order valence-electron chi connectivity index (χ2n) is 4.08. The van der Waals surface area contributed by atoms with E-state index in [0.29, 0.717) is 31.3 Å². The van der Waals surface area contributed by atoms with Gasteiger partial charge in [-0.3, -0.25) is 4.79 Å². The van der Waals surface area contributed by atoms with Crippen LogP contribution in [0.5, 0.6) is 0 Å². The van der Waals surface area contributed by atoms with Crippen LogP contribution < -0.4 is 16.4 Å². The van der Waals surface area contributed by atoms with Gasteiger partial charge in [-0.05, 0) is 12.1 Å². The number of amides is 1. The highest BCUT2D eigenvalue weighted by molar-refractivity contribution is 5.91. The van der Waals surface area contributed by atoms with Crippen LogP contribution in [0.15, 0.2) is 12.1 Å². The van der Waals surface area contributed by atoms with Crippen LogP contribution in [0.4, 0.5) is 11.5 Å². The highest BCUT2D eigenvalue weighted by Crippen LogP contribution is 2.24. The fourth-order valence-corrected chi connectivity index (χ4v) is 1.91. The molecule has 0 bridgehead atoms. The normalized spacial score (nSPS) is 19.8. The first-order chi connectivity index (χ1) is 8.63. The molecule has 1 amide bonds. The number of rotatable bonds is 3. The van der Waals surface area contributed by atoms with E-state index < -0.39 is 5.91 Å². The average molecular weight is 252 g/mol. The van der Waals surface area contributed by atoms with Gasteiger partial charge >= 0.3 is 0 Å². The summed E-state index contributed by atoms with van der Waals surface area (Å²) >= 11 is 0. The first kappa shape index (κ1) is 12.6. The second-order valence-corrected chi connectivity index (χ2v) is 4.08. The maximum atomic E-state index is 11.1. The van der Waals surface area contributed by atoms with E-state index in [0.717, 1.165) is 0 Å². The lowest BCUT2D eigenvalue weighted by atomic mass is 10.2.